The summed E-state index contributed by atoms with van der Waals surface area (Å²) in [6.07, 6.45) is 4.66. The highest BCUT2D eigenvalue weighted by Crippen LogP contribution is 2.22. The van der Waals surface area contributed by atoms with Gasteiger partial charge in [-0.1, -0.05) is 41.9 Å². The second-order valence-corrected chi connectivity index (χ2v) is 8.84. The number of aromatic amines is 1. The number of tetrazole rings is 1. The molecule has 0 aliphatic rings. The molecule has 2 heterocycles. The van der Waals surface area contributed by atoms with Crippen LogP contribution in [0.3, 0.4) is 0 Å². The highest BCUT2D eigenvalue weighted by atomic mass is 35.5. The van der Waals surface area contributed by atoms with Crippen molar-refractivity contribution in [3.05, 3.63) is 95.3 Å². The highest BCUT2D eigenvalue weighted by Gasteiger charge is 2.21. The van der Waals surface area contributed by atoms with Gasteiger partial charge in [0.05, 0.1) is 11.2 Å². The number of nitrogens with two attached hydrogens (primary N) is 1. The first kappa shape index (κ1) is 24.7. The molecule has 2 aromatic heterocycles. The Bertz CT molecular complexity index is 1610. The van der Waals surface area contributed by atoms with Crippen molar-refractivity contribution in [2.45, 2.75) is 12.5 Å². The summed E-state index contributed by atoms with van der Waals surface area (Å²) < 4.78 is 1.46. The summed E-state index contributed by atoms with van der Waals surface area (Å²) in [6.45, 7) is 0. The summed E-state index contributed by atoms with van der Waals surface area (Å²) in [5.41, 5.74) is 9.21. The molecule has 190 valence electrons. The van der Waals surface area contributed by atoms with Gasteiger partial charge in [-0.25, -0.2) is 0 Å². The normalized spacial score (nSPS) is 12.0. The Labute approximate surface area is 221 Å². The third-order valence-corrected chi connectivity index (χ3v) is 6.01. The first-order chi connectivity index (χ1) is 18.5. The average molecular weight is 528 g/mol. The van der Waals surface area contributed by atoms with Crippen molar-refractivity contribution < 1.29 is 9.59 Å². The summed E-state index contributed by atoms with van der Waals surface area (Å²) in [7, 11) is 0. The molecule has 0 radical (unpaired) electrons. The van der Waals surface area contributed by atoms with Crippen LogP contribution in [0.25, 0.3) is 22.7 Å². The van der Waals surface area contributed by atoms with E-state index >= 15 is 0 Å². The van der Waals surface area contributed by atoms with Gasteiger partial charge >= 0.3 is 0 Å². The van der Waals surface area contributed by atoms with Gasteiger partial charge in [0, 0.05) is 34.2 Å². The van der Waals surface area contributed by atoms with E-state index < -0.39 is 11.9 Å². The number of rotatable bonds is 8. The molecule has 5 rings (SSSR count). The quantitative estimate of drug-likeness (QED) is 0.226. The predicted molar refractivity (Wildman–Crippen MR) is 144 cm³/mol. The molecule has 0 saturated heterocycles. The fraction of sp³-hybridized carbons (Fsp3) is 0.0769. The highest BCUT2D eigenvalue weighted by molar-refractivity contribution is 6.30. The zero-order valence-corrected chi connectivity index (χ0v) is 20.6. The van der Waals surface area contributed by atoms with Gasteiger partial charge in [-0.15, -0.1) is 5.10 Å². The molecule has 38 heavy (non-hydrogen) atoms. The molecule has 2 amide bonds. The Balaban J connectivity index is 1.35. The number of H-pyrrole nitrogens is 1. The number of nitrogens with one attached hydrogen (secondary N) is 3. The van der Waals surface area contributed by atoms with Crippen LogP contribution in [0.1, 0.15) is 11.1 Å². The van der Waals surface area contributed by atoms with Crippen molar-refractivity contribution in [2.75, 3.05) is 11.1 Å². The molecule has 0 aliphatic carbocycles. The molecule has 3 aromatic carbocycles. The fourth-order valence-electron chi connectivity index (χ4n) is 3.93. The van der Waals surface area contributed by atoms with Gasteiger partial charge in [-0.05, 0) is 58.5 Å². The molecule has 0 bridgehead atoms. The van der Waals surface area contributed by atoms with E-state index in [-0.39, 0.29) is 5.91 Å². The van der Waals surface area contributed by atoms with Gasteiger partial charge in [0.1, 0.15) is 12.4 Å². The van der Waals surface area contributed by atoms with Crippen LogP contribution >= 0.6 is 11.6 Å². The Hall–Kier alpha value is -5.03. The van der Waals surface area contributed by atoms with Crippen LogP contribution in [0.2, 0.25) is 5.02 Å². The maximum Gasteiger partial charge on any atom is 0.247 e. The minimum atomic E-state index is -0.851. The molecule has 1 atom stereocenters. The Kier molecular flexibility index (Phi) is 7.09. The minimum Gasteiger partial charge on any atom is -0.382 e. The number of amides is 2. The van der Waals surface area contributed by atoms with Crippen molar-refractivity contribution >= 4 is 51.9 Å². The molecule has 0 aliphatic heterocycles. The van der Waals surface area contributed by atoms with Crippen molar-refractivity contribution in [3.63, 3.8) is 0 Å². The van der Waals surface area contributed by atoms with Gasteiger partial charge in [0.25, 0.3) is 0 Å². The smallest absolute Gasteiger partial charge is 0.247 e. The number of aromatic nitrogens is 6. The molecule has 0 unspecified atom stereocenters. The van der Waals surface area contributed by atoms with Crippen LogP contribution in [0.15, 0.2) is 79.1 Å². The van der Waals surface area contributed by atoms with E-state index in [0.717, 1.165) is 10.9 Å². The van der Waals surface area contributed by atoms with Gasteiger partial charge in [0.15, 0.2) is 5.82 Å². The third-order valence-electron chi connectivity index (χ3n) is 5.78. The lowest BCUT2D eigenvalue weighted by Gasteiger charge is -2.18. The van der Waals surface area contributed by atoms with E-state index in [1.807, 2.05) is 30.3 Å². The second kappa shape index (κ2) is 10.9. The van der Waals surface area contributed by atoms with Gasteiger partial charge in [0.2, 0.25) is 11.8 Å². The number of anilines is 2. The number of carbonyl (C=O) groups excluding carboxylic acids is 2. The fourth-order valence-corrected chi connectivity index (χ4v) is 4.11. The number of benzene rings is 3. The summed E-state index contributed by atoms with van der Waals surface area (Å²) in [4.78, 5) is 26.2. The van der Waals surface area contributed by atoms with E-state index in [1.54, 1.807) is 42.5 Å². The van der Waals surface area contributed by atoms with E-state index in [2.05, 4.69) is 36.4 Å². The zero-order chi connectivity index (χ0) is 26.5. The molecule has 0 saturated carbocycles. The number of halogens is 1. The van der Waals surface area contributed by atoms with Crippen molar-refractivity contribution in [1.29, 1.82) is 0 Å². The van der Waals surface area contributed by atoms with Crippen LogP contribution in [0, 0.1) is 0 Å². The number of nitrogens with zero attached hydrogens (tertiary/aromatic N) is 5. The summed E-state index contributed by atoms with van der Waals surface area (Å²) >= 11 is 6.16. The summed E-state index contributed by atoms with van der Waals surface area (Å²) in [5, 5.41) is 24.9. The molecule has 5 N–H and O–H groups in total. The SMILES string of the molecule is Nc1n[nH]c2cc(NC(=O)[C@H](Cc3ccccc3)NC(=O)C=Cc3cc(Cl)ccc3-n3cnnn3)ccc12. The number of hydrogen-bond donors (Lipinski definition) is 4. The van der Waals surface area contributed by atoms with E-state index in [0.29, 0.717) is 39.7 Å². The maximum absolute atomic E-state index is 13.3. The predicted octanol–water partition coefficient (Wildman–Crippen LogP) is 3.15. The number of carbonyl (C=O) groups is 2. The van der Waals surface area contributed by atoms with Gasteiger partial charge < -0.3 is 16.4 Å². The molecule has 12 heteroatoms. The third kappa shape index (κ3) is 5.68. The Morgan fingerprint density at radius 3 is 2.74 bits per heavy atom. The lowest BCUT2D eigenvalue weighted by Crippen LogP contribution is -2.44. The molecule has 5 aromatic rings. The Morgan fingerprint density at radius 2 is 1.95 bits per heavy atom. The molecule has 0 fully saturated rings. The standard InChI is InChI=1S/C26H22ClN9O2/c27-18-7-10-23(36-15-29-34-35-36)17(13-18)6-11-24(37)31-22(12-16-4-2-1-3-5-16)26(38)30-19-8-9-20-21(14-19)32-33-25(20)28/h1-11,13-15,22H,12H2,(H,30,38)(H,31,37)(H3,28,32,33)/t22-/m0/s1. The van der Waals surface area contributed by atoms with Crippen LogP contribution in [0.4, 0.5) is 11.5 Å². The van der Waals surface area contributed by atoms with Crippen LogP contribution in [-0.2, 0) is 16.0 Å². The van der Waals surface area contributed by atoms with E-state index in [9.17, 15) is 9.59 Å². The Morgan fingerprint density at radius 1 is 1.11 bits per heavy atom. The van der Waals surface area contributed by atoms with E-state index in [1.165, 1.54) is 17.1 Å². The number of nitrogen functional groups attached to an aromatic ring is 1. The molecule has 0 spiro atoms. The molecular formula is C26H22ClN9O2. The first-order valence-electron chi connectivity index (χ1n) is 11.6. The summed E-state index contributed by atoms with van der Waals surface area (Å²) in [5.74, 6) is -0.457. The zero-order valence-electron chi connectivity index (χ0n) is 19.9. The molecule has 11 nitrogen and oxygen atoms in total. The minimum absolute atomic E-state index is 0.290. The van der Waals surface area contributed by atoms with Crippen molar-refractivity contribution in [1.82, 2.24) is 35.7 Å². The average Bonchev–Trinajstić information content (AvgIpc) is 3.58. The first-order valence-corrected chi connectivity index (χ1v) is 11.9. The lowest BCUT2D eigenvalue weighted by molar-refractivity contribution is -0.123. The topological polar surface area (TPSA) is 156 Å². The van der Waals surface area contributed by atoms with Crippen LogP contribution < -0.4 is 16.4 Å². The van der Waals surface area contributed by atoms with Gasteiger partial charge in [-0.3, -0.25) is 14.7 Å². The van der Waals surface area contributed by atoms with Crippen molar-refractivity contribution in [3.8, 4) is 5.69 Å². The second-order valence-electron chi connectivity index (χ2n) is 8.40. The summed E-state index contributed by atoms with van der Waals surface area (Å²) in [6, 6.07) is 18.9. The van der Waals surface area contributed by atoms with Crippen molar-refractivity contribution in [2.24, 2.45) is 0 Å². The van der Waals surface area contributed by atoms with E-state index in [4.69, 9.17) is 17.3 Å². The number of fused-ring (bicyclic) bond motifs is 1. The lowest BCUT2D eigenvalue weighted by atomic mass is 10.0. The number of hydrogen-bond acceptors (Lipinski definition) is 7. The monoisotopic (exact) mass is 527 g/mol. The largest absolute Gasteiger partial charge is 0.382 e. The van der Waals surface area contributed by atoms with Gasteiger partial charge in [-0.2, -0.15) is 9.78 Å². The van der Waals surface area contributed by atoms with Crippen LogP contribution in [0.5, 0.6) is 0 Å². The van der Waals surface area contributed by atoms with Crippen LogP contribution in [-0.4, -0.2) is 48.3 Å². The maximum atomic E-state index is 13.3. The molecular weight excluding hydrogens is 506 g/mol.